The number of fused-ring (bicyclic) bond motifs is 1. The molecule has 4 heteroatoms. The molecule has 114 valence electrons. The second-order valence-electron chi connectivity index (χ2n) is 5.36. The highest BCUT2D eigenvalue weighted by molar-refractivity contribution is 5.95. The lowest BCUT2D eigenvalue weighted by Crippen LogP contribution is -2.27. The van der Waals surface area contributed by atoms with Crippen molar-refractivity contribution in [2.24, 2.45) is 0 Å². The summed E-state index contributed by atoms with van der Waals surface area (Å²) in [4.78, 5) is 12.5. The topological polar surface area (TPSA) is 47.6 Å². The minimum Gasteiger partial charge on any atom is -0.497 e. The number of carbonyl (C=O) groups excluding carboxylic acids is 1. The Morgan fingerprint density at radius 2 is 1.77 bits per heavy atom. The zero-order chi connectivity index (χ0) is 15.5. The lowest BCUT2D eigenvalue weighted by atomic mass is 10.1. The molecule has 1 amide bonds. The third-order valence-corrected chi connectivity index (χ3v) is 4.05. The predicted molar refractivity (Wildman–Crippen MR) is 84.5 cm³/mol. The number of ether oxygens (including phenoxy) is 2. The lowest BCUT2D eigenvalue weighted by Gasteiger charge is -2.15. The number of amides is 1. The summed E-state index contributed by atoms with van der Waals surface area (Å²) in [6, 6.07) is 13.5. The van der Waals surface area contributed by atoms with Gasteiger partial charge in [-0.25, -0.2) is 0 Å². The van der Waals surface area contributed by atoms with Crippen LogP contribution in [-0.2, 0) is 6.42 Å². The molecule has 0 unspecified atom stereocenters. The third kappa shape index (κ3) is 2.77. The smallest absolute Gasteiger partial charge is 0.252 e. The second kappa shape index (κ2) is 6.10. The van der Waals surface area contributed by atoms with Crippen LogP contribution in [0.15, 0.2) is 42.5 Å². The molecule has 3 rings (SSSR count). The summed E-state index contributed by atoms with van der Waals surface area (Å²) in [6.07, 6.45) is 1.94. The van der Waals surface area contributed by atoms with Gasteiger partial charge in [0, 0.05) is 11.6 Å². The van der Waals surface area contributed by atoms with E-state index in [1.165, 1.54) is 11.1 Å². The Hall–Kier alpha value is -2.49. The molecule has 0 heterocycles. The number of benzene rings is 2. The summed E-state index contributed by atoms with van der Waals surface area (Å²) < 4.78 is 10.4. The highest BCUT2D eigenvalue weighted by atomic mass is 16.5. The van der Waals surface area contributed by atoms with Gasteiger partial charge in [-0.05, 0) is 36.1 Å². The van der Waals surface area contributed by atoms with Gasteiger partial charge in [0.1, 0.15) is 11.5 Å². The van der Waals surface area contributed by atoms with Crippen LogP contribution in [0, 0.1) is 0 Å². The number of hydrogen-bond donors (Lipinski definition) is 1. The van der Waals surface area contributed by atoms with E-state index in [0.29, 0.717) is 17.1 Å². The first-order valence-corrected chi connectivity index (χ1v) is 7.33. The fraction of sp³-hybridized carbons (Fsp3) is 0.278. The molecule has 0 bridgehead atoms. The molecule has 0 saturated heterocycles. The Kier molecular flexibility index (Phi) is 4.00. The number of hydrogen-bond acceptors (Lipinski definition) is 3. The summed E-state index contributed by atoms with van der Waals surface area (Å²) in [5.74, 6) is 1.10. The van der Waals surface area contributed by atoms with Crippen molar-refractivity contribution in [1.29, 1.82) is 0 Å². The second-order valence-corrected chi connectivity index (χ2v) is 5.36. The van der Waals surface area contributed by atoms with Gasteiger partial charge in [0.25, 0.3) is 5.91 Å². The normalized spacial score (nSPS) is 16.0. The van der Waals surface area contributed by atoms with E-state index in [1.807, 2.05) is 12.1 Å². The molecular weight excluding hydrogens is 278 g/mol. The molecule has 0 aromatic heterocycles. The van der Waals surface area contributed by atoms with Crippen molar-refractivity contribution in [2.45, 2.75) is 18.9 Å². The average molecular weight is 297 g/mol. The molecule has 22 heavy (non-hydrogen) atoms. The van der Waals surface area contributed by atoms with Crippen molar-refractivity contribution in [2.75, 3.05) is 14.2 Å². The SMILES string of the molecule is COc1cc(OC)cc(C(=O)N[C@H]2CCc3ccccc32)c1. The molecule has 1 aliphatic rings. The van der Waals surface area contributed by atoms with E-state index in [2.05, 4.69) is 17.4 Å². The van der Waals surface area contributed by atoms with Gasteiger partial charge in [-0.3, -0.25) is 4.79 Å². The van der Waals surface area contributed by atoms with E-state index in [9.17, 15) is 4.79 Å². The highest BCUT2D eigenvalue weighted by Gasteiger charge is 2.24. The molecule has 1 atom stereocenters. The van der Waals surface area contributed by atoms with Crippen molar-refractivity contribution in [3.8, 4) is 11.5 Å². The van der Waals surface area contributed by atoms with E-state index < -0.39 is 0 Å². The molecule has 0 spiro atoms. The van der Waals surface area contributed by atoms with E-state index in [-0.39, 0.29) is 11.9 Å². The van der Waals surface area contributed by atoms with Gasteiger partial charge < -0.3 is 14.8 Å². The van der Waals surface area contributed by atoms with E-state index in [1.54, 1.807) is 32.4 Å². The molecule has 0 saturated carbocycles. The molecule has 4 nitrogen and oxygen atoms in total. The van der Waals surface area contributed by atoms with E-state index in [0.717, 1.165) is 12.8 Å². The van der Waals surface area contributed by atoms with Crippen LogP contribution in [0.25, 0.3) is 0 Å². The number of aryl methyl sites for hydroxylation is 1. The molecule has 1 aliphatic carbocycles. The fourth-order valence-electron chi connectivity index (χ4n) is 2.89. The molecule has 1 N–H and O–H groups in total. The molecule has 0 fully saturated rings. The number of rotatable bonds is 4. The first-order valence-electron chi connectivity index (χ1n) is 7.33. The standard InChI is InChI=1S/C18H19NO3/c1-21-14-9-13(10-15(11-14)22-2)18(20)19-17-8-7-12-5-3-4-6-16(12)17/h3-6,9-11,17H,7-8H2,1-2H3,(H,19,20)/t17-/m0/s1. The average Bonchev–Trinajstić information content (AvgIpc) is 2.97. The molecule has 2 aromatic rings. The van der Waals surface area contributed by atoms with Gasteiger partial charge in [0.15, 0.2) is 0 Å². The first kappa shape index (κ1) is 14.4. The quantitative estimate of drug-likeness (QED) is 0.943. The third-order valence-electron chi connectivity index (χ3n) is 4.05. The predicted octanol–water partition coefficient (Wildman–Crippen LogP) is 3.12. The van der Waals surface area contributed by atoms with Crippen LogP contribution in [0.3, 0.4) is 0 Å². The highest BCUT2D eigenvalue weighted by Crippen LogP contribution is 2.31. The van der Waals surface area contributed by atoms with Gasteiger partial charge in [0.05, 0.1) is 20.3 Å². The Labute approximate surface area is 130 Å². The first-order chi connectivity index (χ1) is 10.7. The molecule has 0 aliphatic heterocycles. The molecule has 2 aromatic carbocycles. The largest absolute Gasteiger partial charge is 0.497 e. The Bertz CT molecular complexity index is 674. The van der Waals surface area contributed by atoms with Gasteiger partial charge >= 0.3 is 0 Å². The van der Waals surface area contributed by atoms with Crippen LogP contribution < -0.4 is 14.8 Å². The number of methoxy groups -OCH3 is 2. The number of carbonyl (C=O) groups is 1. The monoisotopic (exact) mass is 297 g/mol. The minimum atomic E-state index is -0.112. The maximum absolute atomic E-state index is 12.5. The van der Waals surface area contributed by atoms with Crippen LogP contribution >= 0.6 is 0 Å². The molecule has 0 radical (unpaired) electrons. The van der Waals surface area contributed by atoms with Crippen molar-refractivity contribution >= 4 is 5.91 Å². The summed E-state index contributed by atoms with van der Waals surface area (Å²) >= 11 is 0. The van der Waals surface area contributed by atoms with Crippen molar-refractivity contribution < 1.29 is 14.3 Å². The van der Waals surface area contributed by atoms with Crippen LogP contribution in [0.2, 0.25) is 0 Å². The van der Waals surface area contributed by atoms with Crippen molar-refractivity contribution in [3.63, 3.8) is 0 Å². The van der Waals surface area contributed by atoms with Crippen LogP contribution in [-0.4, -0.2) is 20.1 Å². The zero-order valence-electron chi connectivity index (χ0n) is 12.8. The lowest BCUT2D eigenvalue weighted by molar-refractivity contribution is 0.0936. The minimum absolute atomic E-state index is 0.0703. The molecular formula is C18H19NO3. The van der Waals surface area contributed by atoms with Crippen LogP contribution in [0.4, 0.5) is 0 Å². The van der Waals surface area contributed by atoms with Crippen molar-refractivity contribution in [3.05, 3.63) is 59.2 Å². The Balaban J connectivity index is 1.81. The Morgan fingerprint density at radius 3 is 2.45 bits per heavy atom. The van der Waals surface area contributed by atoms with Gasteiger partial charge in [-0.2, -0.15) is 0 Å². The van der Waals surface area contributed by atoms with Crippen molar-refractivity contribution in [1.82, 2.24) is 5.32 Å². The van der Waals surface area contributed by atoms with Gasteiger partial charge in [0.2, 0.25) is 0 Å². The van der Waals surface area contributed by atoms with Gasteiger partial charge in [-0.15, -0.1) is 0 Å². The summed E-state index contributed by atoms with van der Waals surface area (Å²) in [5, 5.41) is 3.10. The van der Waals surface area contributed by atoms with Crippen LogP contribution in [0.1, 0.15) is 33.9 Å². The number of nitrogens with one attached hydrogen (secondary N) is 1. The van der Waals surface area contributed by atoms with E-state index in [4.69, 9.17) is 9.47 Å². The maximum atomic E-state index is 12.5. The fourth-order valence-corrected chi connectivity index (χ4v) is 2.89. The maximum Gasteiger partial charge on any atom is 0.252 e. The summed E-state index contributed by atoms with van der Waals surface area (Å²) in [7, 11) is 3.15. The summed E-state index contributed by atoms with van der Waals surface area (Å²) in [6.45, 7) is 0. The Morgan fingerprint density at radius 1 is 1.09 bits per heavy atom. The summed E-state index contributed by atoms with van der Waals surface area (Å²) in [5.41, 5.74) is 3.07. The van der Waals surface area contributed by atoms with Crippen LogP contribution in [0.5, 0.6) is 11.5 Å². The van der Waals surface area contributed by atoms with Gasteiger partial charge in [-0.1, -0.05) is 24.3 Å². The van der Waals surface area contributed by atoms with E-state index >= 15 is 0 Å². The zero-order valence-corrected chi connectivity index (χ0v) is 12.8.